The number of rotatable bonds is 6. The number of hydrogen-bond acceptors (Lipinski definition) is 4. The highest BCUT2D eigenvalue weighted by Crippen LogP contribution is 2.36. The van der Waals surface area contributed by atoms with Crippen molar-refractivity contribution in [1.29, 1.82) is 0 Å². The van der Waals surface area contributed by atoms with Crippen molar-refractivity contribution in [2.75, 3.05) is 7.11 Å². The second-order valence-electron chi connectivity index (χ2n) is 4.51. The number of thioether (sulfide) groups is 1. The largest absolute Gasteiger partial charge is 0.493 e. The van der Waals surface area contributed by atoms with Crippen LogP contribution in [0.25, 0.3) is 0 Å². The molecule has 0 N–H and O–H groups in total. The standard InChI is InChI=1S/C16H13F3O3S/c1-21-15-8-12(9-20)4-7-14(15)22-10-11-2-5-13(6-3-11)23-16(17,18)19/h2-9H,10H2,1H3. The summed E-state index contributed by atoms with van der Waals surface area (Å²) < 4.78 is 47.5. The average Bonchev–Trinajstić information content (AvgIpc) is 2.52. The lowest BCUT2D eigenvalue weighted by molar-refractivity contribution is -0.0328. The zero-order valence-electron chi connectivity index (χ0n) is 12.1. The van der Waals surface area contributed by atoms with Crippen LogP contribution in [0.5, 0.6) is 11.5 Å². The van der Waals surface area contributed by atoms with E-state index in [-0.39, 0.29) is 23.3 Å². The smallest absolute Gasteiger partial charge is 0.446 e. The number of hydrogen-bond donors (Lipinski definition) is 0. The van der Waals surface area contributed by atoms with Crippen LogP contribution >= 0.6 is 11.8 Å². The summed E-state index contributed by atoms with van der Waals surface area (Å²) in [6.45, 7) is 0.174. The van der Waals surface area contributed by atoms with Crippen molar-refractivity contribution >= 4 is 18.0 Å². The number of carbonyl (C=O) groups is 1. The average molecular weight is 342 g/mol. The molecule has 0 atom stereocenters. The molecule has 23 heavy (non-hydrogen) atoms. The maximum Gasteiger partial charge on any atom is 0.446 e. The molecular weight excluding hydrogens is 329 g/mol. The molecule has 2 aromatic carbocycles. The fourth-order valence-electron chi connectivity index (χ4n) is 1.83. The topological polar surface area (TPSA) is 35.5 Å². The summed E-state index contributed by atoms with van der Waals surface area (Å²) in [5.74, 6) is 0.866. The van der Waals surface area contributed by atoms with E-state index in [9.17, 15) is 18.0 Å². The van der Waals surface area contributed by atoms with E-state index in [1.165, 1.54) is 19.2 Å². The first-order chi connectivity index (χ1) is 10.9. The zero-order valence-corrected chi connectivity index (χ0v) is 12.9. The van der Waals surface area contributed by atoms with Gasteiger partial charge in [0.1, 0.15) is 12.9 Å². The summed E-state index contributed by atoms with van der Waals surface area (Å²) in [5, 5.41) is 0. The number of alkyl halides is 3. The molecule has 0 amide bonds. The molecule has 0 saturated heterocycles. The number of halogens is 3. The summed E-state index contributed by atoms with van der Waals surface area (Å²) in [7, 11) is 1.46. The number of methoxy groups -OCH3 is 1. The third-order valence-electron chi connectivity index (χ3n) is 2.88. The number of ether oxygens (including phenoxy) is 2. The van der Waals surface area contributed by atoms with E-state index in [4.69, 9.17) is 9.47 Å². The van der Waals surface area contributed by atoms with Crippen LogP contribution in [0.4, 0.5) is 13.2 Å². The van der Waals surface area contributed by atoms with E-state index in [1.807, 2.05) is 0 Å². The van der Waals surface area contributed by atoms with Crippen molar-refractivity contribution in [2.24, 2.45) is 0 Å². The van der Waals surface area contributed by atoms with Crippen molar-refractivity contribution in [3.05, 3.63) is 53.6 Å². The lowest BCUT2D eigenvalue weighted by Crippen LogP contribution is -2.00. The minimum atomic E-state index is -4.30. The highest BCUT2D eigenvalue weighted by atomic mass is 32.2. The molecule has 7 heteroatoms. The van der Waals surface area contributed by atoms with Crippen molar-refractivity contribution in [3.63, 3.8) is 0 Å². The Morgan fingerprint density at radius 2 is 1.78 bits per heavy atom. The van der Waals surface area contributed by atoms with E-state index in [0.717, 1.165) is 5.56 Å². The highest BCUT2D eigenvalue weighted by molar-refractivity contribution is 8.00. The van der Waals surface area contributed by atoms with Gasteiger partial charge in [0.25, 0.3) is 0 Å². The van der Waals surface area contributed by atoms with Crippen LogP contribution in [-0.2, 0) is 6.61 Å². The van der Waals surface area contributed by atoms with Crippen LogP contribution < -0.4 is 9.47 Å². The van der Waals surface area contributed by atoms with Gasteiger partial charge in [0, 0.05) is 10.5 Å². The third-order valence-corrected chi connectivity index (χ3v) is 3.61. The first kappa shape index (κ1) is 17.2. The van der Waals surface area contributed by atoms with Crippen molar-refractivity contribution < 1.29 is 27.4 Å². The number of benzene rings is 2. The van der Waals surface area contributed by atoms with Gasteiger partial charge in [-0.05, 0) is 47.7 Å². The molecule has 2 rings (SSSR count). The molecule has 0 aliphatic carbocycles. The second-order valence-corrected chi connectivity index (χ2v) is 5.65. The Morgan fingerprint density at radius 3 is 2.35 bits per heavy atom. The molecule has 0 fully saturated rings. The van der Waals surface area contributed by atoms with Crippen molar-refractivity contribution in [1.82, 2.24) is 0 Å². The number of aldehydes is 1. The molecule has 3 nitrogen and oxygen atoms in total. The Balaban J connectivity index is 2.02. The summed E-state index contributed by atoms with van der Waals surface area (Å²) in [6.07, 6.45) is 0.698. The Morgan fingerprint density at radius 1 is 1.09 bits per heavy atom. The normalized spacial score (nSPS) is 11.1. The van der Waals surface area contributed by atoms with Gasteiger partial charge in [-0.15, -0.1) is 0 Å². The monoisotopic (exact) mass is 342 g/mol. The molecule has 122 valence electrons. The molecule has 0 saturated carbocycles. The Kier molecular flexibility index (Phi) is 5.54. The molecule has 0 bridgehead atoms. The third kappa shape index (κ3) is 5.21. The minimum absolute atomic E-state index is 0.120. The van der Waals surface area contributed by atoms with Gasteiger partial charge >= 0.3 is 5.51 Å². The van der Waals surface area contributed by atoms with E-state index in [1.54, 1.807) is 30.3 Å². The van der Waals surface area contributed by atoms with Gasteiger partial charge < -0.3 is 9.47 Å². The fourth-order valence-corrected chi connectivity index (χ4v) is 2.36. The predicted octanol–water partition coefficient (Wildman–Crippen LogP) is 4.70. The second kappa shape index (κ2) is 7.41. The Labute approximate surface area is 135 Å². The Hall–Kier alpha value is -2.15. The number of carbonyl (C=O) groups excluding carboxylic acids is 1. The van der Waals surface area contributed by atoms with Crippen LogP contribution in [0.15, 0.2) is 47.4 Å². The zero-order chi connectivity index (χ0) is 16.9. The van der Waals surface area contributed by atoms with Gasteiger partial charge in [-0.2, -0.15) is 13.2 Å². The van der Waals surface area contributed by atoms with Gasteiger partial charge in [-0.3, -0.25) is 4.79 Å². The van der Waals surface area contributed by atoms with E-state index in [0.29, 0.717) is 23.3 Å². The lowest BCUT2D eigenvalue weighted by Gasteiger charge is -2.11. The quantitative estimate of drug-likeness (QED) is 0.563. The molecule has 0 aliphatic rings. The van der Waals surface area contributed by atoms with E-state index in [2.05, 4.69) is 0 Å². The molecule has 0 unspecified atom stereocenters. The predicted molar refractivity (Wildman–Crippen MR) is 81.1 cm³/mol. The molecule has 0 heterocycles. The van der Waals surface area contributed by atoms with Gasteiger partial charge in [-0.1, -0.05) is 12.1 Å². The summed E-state index contributed by atoms with van der Waals surface area (Å²) >= 11 is -0.160. The molecule has 0 aromatic heterocycles. The summed E-state index contributed by atoms with van der Waals surface area (Å²) in [5.41, 5.74) is -3.12. The van der Waals surface area contributed by atoms with Crippen LogP contribution in [0, 0.1) is 0 Å². The first-order valence-corrected chi connectivity index (χ1v) is 7.33. The van der Waals surface area contributed by atoms with Crippen LogP contribution in [0.3, 0.4) is 0 Å². The maximum atomic E-state index is 12.3. The molecule has 0 radical (unpaired) electrons. The lowest BCUT2D eigenvalue weighted by atomic mass is 10.2. The summed E-state index contributed by atoms with van der Waals surface area (Å²) in [6, 6.07) is 10.7. The molecular formula is C16H13F3O3S. The van der Waals surface area contributed by atoms with Gasteiger partial charge in [-0.25, -0.2) is 0 Å². The molecule has 0 spiro atoms. The summed E-state index contributed by atoms with van der Waals surface area (Å²) in [4.78, 5) is 10.8. The maximum absolute atomic E-state index is 12.3. The van der Waals surface area contributed by atoms with E-state index >= 15 is 0 Å². The van der Waals surface area contributed by atoms with Crippen LogP contribution in [0.1, 0.15) is 15.9 Å². The van der Waals surface area contributed by atoms with E-state index < -0.39 is 5.51 Å². The molecule has 2 aromatic rings. The fraction of sp³-hybridized carbons (Fsp3) is 0.188. The minimum Gasteiger partial charge on any atom is -0.493 e. The SMILES string of the molecule is COc1cc(C=O)ccc1OCc1ccc(SC(F)(F)F)cc1. The highest BCUT2D eigenvalue weighted by Gasteiger charge is 2.28. The van der Waals surface area contributed by atoms with Crippen molar-refractivity contribution in [2.45, 2.75) is 17.0 Å². The van der Waals surface area contributed by atoms with Gasteiger partial charge in [0.15, 0.2) is 11.5 Å². The molecule has 0 aliphatic heterocycles. The first-order valence-electron chi connectivity index (χ1n) is 6.52. The van der Waals surface area contributed by atoms with Crippen LogP contribution in [0.2, 0.25) is 0 Å². The Bertz CT molecular complexity index is 669. The van der Waals surface area contributed by atoms with Gasteiger partial charge in [0.05, 0.1) is 7.11 Å². The van der Waals surface area contributed by atoms with Crippen LogP contribution in [-0.4, -0.2) is 18.9 Å². The van der Waals surface area contributed by atoms with Crippen molar-refractivity contribution in [3.8, 4) is 11.5 Å². The van der Waals surface area contributed by atoms with Gasteiger partial charge in [0.2, 0.25) is 0 Å².